The second kappa shape index (κ2) is 4.29. The average molecular weight is 220 g/mol. The number of nitrogens with zero attached hydrogens (tertiary/aromatic N) is 1. The van der Waals surface area contributed by atoms with Crippen molar-refractivity contribution in [1.29, 1.82) is 0 Å². The Hall–Kier alpha value is -0.930. The maximum atomic E-state index is 6.06. The topological polar surface area (TPSA) is 38.9 Å². The van der Waals surface area contributed by atoms with Gasteiger partial charge in [-0.15, -0.1) is 11.3 Å². The molecular weight excluding hydrogens is 204 g/mol. The molecule has 0 spiro atoms. The first-order valence-corrected chi connectivity index (χ1v) is 6.15. The number of nitrogens with two attached hydrogens (primary N) is 1. The van der Waals surface area contributed by atoms with Gasteiger partial charge in [-0.2, -0.15) is 0 Å². The summed E-state index contributed by atoms with van der Waals surface area (Å²) < 4.78 is 1.24. The Morgan fingerprint density at radius 2 is 2.27 bits per heavy atom. The van der Waals surface area contributed by atoms with Crippen molar-refractivity contribution in [3.05, 3.63) is 28.8 Å². The Labute approximate surface area is 94.1 Å². The van der Waals surface area contributed by atoms with Crippen molar-refractivity contribution in [3.63, 3.8) is 0 Å². The van der Waals surface area contributed by atoms with E-state index in [0.29, 0.717) is 0 Å². The highest BCUT2D eigenvalue weighted by Gasteiger charge is 2.10. The molecule has 0 saturated carbocycles. The summed E-state index contributed by atoms with van der Waals surface area (Å²) in [6.45, 7) is 4.24. The van der Waals surface area contributed by atoms with E-state index in [2.05, 4.69) is 37.0 Å². The molecule has 2 aromatic rings. The van der Waals surface area contributed by atoms with Crippen LogP contribution in [0.1, 0.15) is 36.4 Å². The van der Waals surface area contributed by atoms with E-state index in [4.69, 9.17) is 5.73 Å². The molecule has 2 N–H and O–H groups in total. The number of aryl methyl sites for hydroxylation is 1. The molecule has 0 aliphatic rings. The van der Waals surface area contributed by atoms with E-state index < -0.39 is 0 Å². The van der Waals surface area contributed by atoms with Crippen LogP contribution < -0.4 is 5.73 Å². The van der Waals surface area contributed by atoms with Crippen LogP contribution in [-0.2, 0) is 0 Å². The molecule has 1 unspecified atom stereocenters. The van der Waals surface area contributed by atoms with Crippen LogP contribution in [0.25, 0.3) is 10.2 Å². The van der Waals surface area contributed by atoms with Gasteiger partial charge in [-0.3, -0.25) is 0 Å². The summed E-state index contributed by atoms with van der Waals surface area (Å²) in [5, 5.41) is 1.07. The van der Waals surface area contributed by atoms with Gasteiger partial charge in [0.1, 0.15) is 5.01 Å². The minimum absolute atomic E-state index is 0.104. The van der Waals surface area contributed by atoms with Gasteiger partial charge in [-0.1, -0.05) is 19.4 Å². The maximum Gasteiger partial charge on any atom is 0.111 e. The van der Waals surface area contributed by atoms with E-state index in [-0.39, 0.29) is 6.04 Å². The molecule has 2 rings (SSSR count). The summed E-state index contributed by atoms with van der Waals surface area (Å²) in [6.07, 6.45) is 2.12. The molecule has 0 aliphatic heterocycles. The summed E-state index contributed by atoms with van der Waals surface area (Å²) in [5.41, 5.74) is 8.39. The zero-order chi connectivity index (χ0) is 10.8. The summed E-state index contributed by atoms with van der Waals surface area (Å²) in [6, 6.07) is 6.47. The fourth-order valence-electron chi connectivity index (χ4n) is 1.65. The lowest BCUT2D eigenvalue weighted by atomic mass is 10.2. The molecule has 80 valence electrons. The monoisotopic (exact) mass is 220 g/mol. The summed E-state index contributed by atoms with van der Waals surface area (Å²) in [4.78, 5) is 4.59. The Balaban J connectivity index is 2.38. The van der Waals surface area contributed by atoms with Crippen LogP contribution in [-0.4, -0.2) is 4.98 Å². The van der Waals surface area contributed by atoms with Crippen molar-refractivity contribution >= 4 is 21.6 Å². The lowest BCUT2D eigenvalue weighted by Crippen LogP contribution is -2.08. The minimum Gasteiger partial charge on any atom is -0.322 e. The van der Waals surface area contributed by atoms with Crippen molar-refractivity contribution in [2.45, 2.75) is 32.7 Å². The molecule has 1 aromatic heterocycles. The minimum atomic E-state index is 0.104. The molecule has 1 atom stereocenters. The van der Waals surface area contributed by atoms with E-state index in [1.165, 1.54) is 10.3 Å². The number of aromatic nitrogens is 1. The van der Waals surface area contributed by atoms with E-state index in [1.807, 2.05) is 0 Å². The molecule has 0 amide bonds. The normalized spacial score (nSPS) is 13.3. The zero-order valence-electron chi connectivity index (χ0n) is 9.16. The second-order valence-corrected chi connectivity index (χ2v) is 4.98. The number of benzene rings is 1. The van der Waals surface area contributed by atoms with Gasteiger partial charge in [-0.25, -0.2) is 4.98 Å². The van der Waals surface area contributed by atoms with Crippen LogP contribution in [0.5, 0.6) is 0 Å². The Morgan fingerprint density at radius 3 is 3.00 bits per heavy atom. The Kier molecular flexibility index (Phi) is 3.03. The smallest absolute Gasteiger partial charge is 0.111 e. The number of hydrogen-bond donors (Lipinski definition) is 1. The first-order chi connectivity index (χ1) is 7.20. The molecule has 2 nitrogen and oxygen atoms in total. The molecule has 3 heteroatoms. The lowest BCUT2D eigenvalue weighted by Gasteiger charge is -2.04. The number of fused-ring (bicyclic) bond motifs is 1. The molecule has 15 heavy (non-hydrogen) atoms. The Bertz CT molecular complexity index is 462. The molecule has 0 saturated heterocycles. The van der Waals surface area contributed by atoms with Gasteiger partial charge >= 0.3 is 0 Å². The highest BCUT2D eigenvalue weighted by atomic mass is 32.1. The Morgan fingerprint density at radius 1 is 1.47 bits per heavy atom. The van der Waals surface area contributed by atoms with Gasteiger partial charge in [0.25, 0.3) is 0 Å². The lowest BCUT2D eigenvalue weighted by molar-refractivity contribution is 0.636. The average Bonchev–Trinajstić information content (AvgIpc) is 2.60. The van der Waals surface area contributed by atoms with E-state index in [0.717, 1.165) is 23.4 Å². The van der Waals surface area contributed by atoms with Crippen LogP contribution in [0.15, 0.2) is 18.2 Å². The third kappa shape index (κ3) is 2.19. The molecule has 0 bridgehead atoms. The second-order valence-electron chi connectivity index (χ2n) is 3.92. The van der Waals surface area contributed by atoms with Crippen LogP contribution >= 0.6 is 11.3 Å². The van der Waals surface area contributed by atoms with Crippen molar-refractivity contribution in [2.75, 3.05) is 0 Å². The van der Waals surface area contributed by atoms with Crippen LogP contribution in [0.2, 0.25) is 0 Å². The van der Waals surface area contributed by atoms with Crippen molar-refractivity contribution in [1.82, 2.24) is 4.98 Å². The first-order valence-electron chi connectivity index (χ1n) is 5.33. The number of hydrogen-bond acceptors (Lipinski definition) is 3. The molecule has 1 heterocycles. The third-order valence-corrected chi connectivity index (χ3v) is 3.64. The molecular formula is C12H16N2S. The maximum absolute atomic E-state index is 6.06. The van der Waals surface area contributed by atoms with Crippen molar-refractivity contribution < 1.29 is 0 Å². The fourth-order valence-corrected chi connectivity index (χ4v) is 2.63. The van der Waals surface area contributed by atoms with Crippen LogP contribution in [0.3, 0.4) is 0 Å². The van der Waals surface area contributed by atoms with Crippen LogP contribution in [0, 0.1) is 6.92 Å². The predicted molar refractivity (Wildman–Crippen MR) is 66.2 cm³/mol. The van der Waals surface area contributed by atoms with Gasteiger partial charge in [0.15, 0.2) is 0 Å². The first kappa shape index (κ1) is 10.6. The highest BCUT2D eigenvalue weighted by Crippen LogP contribution is 2.27. The standard InChI is InChI=1S/C12H16N2S/c1-3-4-9(13)12-14-10-7-8(2)5-6-11(10)15-12/h5-7,9H,3-4,13H2,1-2H3. The largest absolute Gasteiger partial charge is 0.322 e. The predicted octanol–water partition coefficient (Wildman–Crippen LogP) is 3.40. The third-order valence-electron chi connectivity index (χ3n) is 2.48. The van der Waals surface area contributed by atoms with Gasteiger partial charge in [0.05, 0.1) is 16.3 Å². The van der Waals surface area contributed by atoms with E-state index in [1.54, 1.807) is 11.3 Å². The van der Waals surface area contributed by atoms with Crippen molar-refractivity contribution in [2.24, 2.45) is 5.73 Å². The van der Waals surface area contributed by atoms with Gasteiger partial charge in [0.2, 0.25) is 0 Å². The van der Waals surface area contributed by atoms with Crippen molar-refractivity contribution in [3.8, 4) is 0 Å². The van der Waals surface area contributed by atoms with Gasteiger partial charge in [0, 0.05) is 0 Å². The fraction of sp³-hybridized carbons (Fsp3) is 0.417. The van der Waals surface area contributed by atoms with Gasteiger partial charge < -0.3 is 5.73 Å². The van der Waals surface area contributed by atoms with E-state index in [9.17, 15) is 0 Å². The molecule has 1 aromatic carbocycles. The molecule has 0 radical (unpaired) electrons. The SMILES string of the molecule is CCCC(N)c1nc2cc(C)ccc2s1. The summed E-state index contributed by atoms with van der Waals surface area (Å²) >= 11 is 1.72. The molecule has 0 aliphatic carbocycles. The zero-order valence-corrected chi connectivity index (χ0v) is 9.97. The summed E-state index contributed by atoms with van der Waals surface area (Å²) in [7, 11) is 0. The number of rotatable bonds is 3. The van der Waals surface area contributed by atoms with E-state index >= 15 is 0 Å². The quantitative estimate of drug-likeness (QED) is 0.861. The highest BCUT2D eigenvalue weighted by molar-refractivity contribution is 7.18. The summed E-state index contributed by atoms with van der Waals surface area (Å²) in [5.74, 6) is 0. The molecule has 0 fully saturated rings. The van der Waals surface area contributed by atoms with Crippen LogP contribution in [0.4, 0.5) is 0 Å². The van der Waals surface area contributed by atoms with Gasteiger partial charge in [-0.05, 0) is 31.0 Å². The number of thiazole rings is 1.